The van der Waals surface area contributed by atoms with Crippen LogP contribution >= 0.6 is 11.6 Å². The van der Waals surface area contributed by atoms with Crippen LogP contribution in [0.4, 0.5) is 10.1 Å². The molecule has 1 rings (SSSR count). The van der Waals surface area contributed by atoms with Crippen molar-refractivity contribution >= 4 is 17.3 Å². The van der Waals surface area contributed by atoms with Gasteiger partial charge in [0.15, 0.2) is 0 Å². The van der Waals surface area contributed by atoms with Crippen molar-refractivity contribution in [3.8, 4) is 0 Å². The molecule has 0 heterocycles. The van der Waals surface area contributed by atoms with Gasteiger partial charge in [-0.1, -0.05) is 6.07 Å². The van der Waals surface area contributed by atoms with Crippen LogP contribution in [0.15, 0.2) is 12.1 Å². The van der Waals surface area contributed by atoms with Gasteiger partial charge in [-0.25, -0.2) is 4.39 Å². The molecule has 0 aliphatic carbocycles. The number of nitrogens with two attached hydrogens (primary N) is 1. The second-order valence-corrected chi connectivity index (χ2v) is 3.66. The average molecular weight is 234 g/mol. The van der Waals surface area contributed by atoms with E-state index in [1.807, 2.05) is 0 Å². The second-order valence-electron chi connectivity index (χ2n) is 3.35. The highest BCUT2D eigenvalue weighted by Gasteiger charge is 2.22. The lowest BCUT2D eigenvalue weighted by atomic mass is 10.0. The molecule has 0 amide bonds. The molecular formula is C10H13ClFNO2. The highest BCUT2D eigenvalue weighted by molar-refractivity contribution is 6.18. The standard InChI is InChI=1S/C10H13ClFNO2/c1-5-7(13)3-2-6(9(5)12)10(15)8(14)4-11/h2-3,8,10,14-15H,4,13H2,1H3. The lowest BCUT2D eigenvalue weighted by molar-refractivity contribution is 0.0304. The Kier molecular flexibility index (Phi) is 3.90. The maximum Gasteiger partial charge on any atom is 0.134 e. The maximum atomic E-state index is 13.6. The summed E-state index contributed by atoms with van der Waals surface area (Å²) in [6, 6.07) is 2.83. The number of benzene rings is 1. The van der Waals surface area contributed by atoms with Gasteiger partial charge in [-0.15, -0.1) is 11.6 Å². The van der Waals surface area contributed by atoms with Crippen molar-refractivity contribution in [3.63, 3.8) is 0 Å². The molecule has 15 heavy (non-hydrogen) atoms. The van der Waals surface area contributed by atoms with Gasteiger partial charge in [-0.2, -0.15) is 0 Å². The zero-order valence-corrected chi connectivity index (χ0v) is 9.00. The van der Waals surface area contributed by atoms with Crippen molar-refractivity contribution in [1.29, 1.82) is 0 Å². The quantitative estimate of drug-likeness (QED) is 0.545. The molecule has 0 spiro atoms. The highest BCUT2D eigenvalue weighted by Crippen LogP contribution is 2.26. The van der Waals surface area contributed by atoms with Gasteiger partial charge < -0.3 is 15.9 Å². The fourth-order valence-electron chi connectivity index (χ4n) is 1.24. The van der Waals surface area contributed by atoms with E-state index in [2.05, 4.69) is 0 Å². The van der Waals surface area contributed by atoms with Crippen LogP contribution in [-0.4, -0.2) is 22.2 Å². The number of hydrogen-bond acceptors (Lipinski definition) is 3. The van der Waals surface area contributed by atoms with Gasteiger partial charge in [0.2, 0.25) is 0 Å². The summed E-state index contributed by atoms with van der Waals surface area (Å²) in [5.74, 6) is -0.768. The number of halogens is 2. The number of aliphatic hydroxyl groups is 2. The summed E-state index contributed by atoms with van der Waals surface area (Å²) in [7, 11) is 0. The van der Waals surface area contributed by atoms with Gasteiger partial charge in [0.1, 0.15) is 11.9 Å². The minimum atomic E-state index is -1.33. The van der Waals surface area contributed by atoms with Gasteiger partial charge in [-0.3, -0.25) is 0 Å². The molecule has 0 saturated carbocycles. The smallest absolute Gasteiger partial charge is 0.134 e. The molecule has 0 bridgehead atoms. The summed E-state index contributed by atoms with van der Waals surface area (Å²) in [6.45, 7) is 1.51. The Bertz CT molecular complexity index is 360. The molecule has 0 saturated heterocycles. The Morgan fingerprint density at radius 3 is 2.60 bits per heavy atom. The number of aliphatic hydroxyl groups excluding tert-OH is 2. The average Bonchev–Trinajstić information content (AvgIpc) is 2.24. The predicted octanol–water partition coefficient (Wildman–Crippen LogP) is 1.35. The molecular weight excluding hydrogens is 221 g/mol. The van der Waals surface area contributed by atoms with Gasteiger partial charge in [0, 0.05) is 16.8 Å². The fourth-order valence-corrected chi connectivity index (χ4v) is 1.41. The van der Waals surface area contributed by atoms with Crippen molar-refractivity contribution in [1.82, 2.24) is 0 Å². The molecule has 2 atom stereocenters. The number of rotatable bonds is 3. The summed E-state index contributed by atoms with van der Waals surface area (Å²) in [6.07, 6.45) is -2.52. The number of nitrogen functional groups attached to an aromatic ring is 1. The van der Waals surface area contributed by atoms with E-state index in [-0.39, 0.29) is 17.0 Å². The van der Waals surface area contributed by atoms with E-state index in [1.54, 1.807) is 0 Å². The number of alkyl halides is 1. The van der Waals surface area contributed by atoms with Crippen LogP contribution < -0.4 is 5.73 Å². The summed E-state index contributed by atoms with van der Waals surface area (Å²) >= 11 is 5.36. The normalized spacial score (nSPS) is 15.0. The van der Waals surface area contributed by atoms with E-state index < -0.39 is 18.0 Å². The van der Waals surface area contributed by atoms with E-state index in [0.717, 1.165) is 0 Å². The summed E-state index contributed by atoms with van der Waals surface area (Å²) in [5.41, 5.74) is 6.06. The molecule has 0 fully saturated rings. The molecule has 5 heteroatoms. The van der Waals surface area contributed by atoms with E-state index >= 15 is 0 Å². The van der Waals surface area contributed by atoms with E-state index in [0.29, 0.717) is 5.69 Å². The van der Waals surface area contributed by atoms with Crippen LogP contribution in [0.3, 0.4) is 0 Å². The summed E-state index contributed by atoms with van der Waals surface area (Å²) < 4.78 is 13.6. The lowest BCUT2D eigenvalue weighted by Gasteiger charge is -2.17. The topological polar surface area (TPSA) is 66.5 Å². The van der Waals surface area contributed by atoms with Crippen molar-refractivity contribution < 1.29 is 14.6 Å². The Morgan fingerprint density at radius 2 is 2.07 bits per heavy atom. The van der Waals surface area contributed by atoms with E-state index in [1.165, 1.54) is 19.1 Å². The first-order valence-corrected chi connectivity index (χ1v) is 4.99. The van der Waals surface area contributed by atoms with Crippen LogP contribution in [0.1, 0.15) is 17.2 Å². The van der Waals surface area contributed by atoms with Gasteiger partial charge in [0.05, 0.1) is 12.0 Å². The molecule has 0 aliphatic heterocycles. The van der Waals surface area contributed by atoms with Crippen molar-refractivity contribution in [2.24, 2.45) is 0 Å². The van der Waals surface area contributed by atoms with Crippen LogP contribution in [-0.2, 0) is 0 Å². The molecule has 2 unspecified atom stereocenters. The van der Waals surface area contributed by atoms with Crippen molar-refractivity contribution in [2.75, 3.05) is 11.6 Å². The minimum absolute atomic E-state index is 0.00912. The zero-order valence-electron chi connectivity index (χ0n) is 8.24. The molecule has 1 aromatic carbocycles. The first-order valence-electron chi connectivity index (χ1n) is 4.45. The Balaban J connectivity index is 3.10. The monoisotopic (exact) mass is 233 g/mol. The first-order chi connectivity index (χ1) is 6.99. The molecule has 4 N–H and O–H groups in total. The summed E-state index contributed by atoms with van der Waals surface area (Å²) in [4.78, 5) is 0. The van der Waals surface area contributed by atoms with E-state index in [4.69, 9.17) is 17.3 Å². The van der Waals surface area contributed by atoms with Crippen LogP contribution in [0.25, 0.3) is 0 Å². The van der Waals surface area contributed by atoms with E-state index in [9.17, 15) is 14.6 Å². The number of hydrogen-bond donors (Lipinski definition) is 3. The fraction of sp³-hybridized carbons (Fsp3) is 0.400. The van der Waals surface area contributed by atoms with Gasteiger partial charge in [0.25, 0.3) is 0 Å². The Hall–Kier alpha value is -0.840. The lowest BCUT2D eigenvalue weighted by Crippen LogP contribution is -2.21. The van der Waals surface area contributed by atoms with Gasteiger partial charge >= 0.3 is 0 Å². The molecule has 0 radical (unpaired) electrons. The highest BCUT2D eigenvalue weighted by atomic mass is 35.5. The maximum absolute atomic E-state index is 13.6. The molecule has 0 aliphatic rings. The third kappa shape index (κ3) is 2.40. The molecule has 3 nitrogen and oxygen atoms in total. The van der Waals surface area contributed by atoms with Crippen LogP contribution in [0.2, 0.25) is 0 Å². The first kappa shape index (κ1) is 12.2. The molecule has 84 valence electrons. The van der Waals surface area contributed by atoms with Gasteiger partial charge in [-0.05, 0) is 13.0 Å². The second kappa shape index (κ2) is 4.79. The van der Waals surface area contributed by atoms with Crippen molar-refractivity contribution in [3.05, 3.63) is 29.1 Å². The largest absolute Gasteiger partial charge is 0.398 e. The SMILES string of the molecule is Cc1c(N)ccc(C(O)C(O)CCl)c1F. The Morgan fingerprint density at radius 1 is 1.47 bits per heavy atom. The molecule has 0 aromatic heterocycles. The van der Waals surface area contributed by atoms with Crippen LogP contribution in [0.5, 0.6) is 0 Å². The Labute approximate surface area is 92.3 Å². The minimum Gasteiger partial charge on any atom is -0.398 e. The zero-order chi connectivity index (χ0) is 11.6. The third-order valence-corrected chi connectivity index (χ3v) is 2.62. The summed E-state index contributed by atoms with van der Waals surface area (Å²) in [5, 5.41) is 18.9. The van der Waals surface area contributed by atoms with Crippen molar-refractivity contribution in [2.45, 2.75) is 19.1 Å². The van der Waals surface area contributed by atoms with Crippen LogP contribution in [0, 0.1) is 12.7 Å². The number of anilines is 1. The molecule has 1 aromatic rings. The predicted molar refractivity (Wildman–Crippen MR) is 57.2 cm³/mol. The third-order valence-electron chi connectivity index (χ3n) is 2.30.